The zero-order valence-electron chi connectivity index (χ0n) is 7.52. The van der Waals surface area contributed by atoms with E-state index in [0.717, 1.165) is 3.57 Å². The summed E-state index contributed by atoms with van der Waals surface area (Å²) in [4.78, 5) is 11.9. The molecule has 0 amide bonds. The molecule has 3 nitrogen and oxygen atoms in total. The molecule has 15 heavy (non-hydrogen) atoms. The monoisotopic (exact) mass is 332 g/mol. The normalized spacial score (nSPS) is 10.3. The molecule has 0 unspecified atom stereocenters. The number of aromatic nitrogens is 2. The Kier molecular flexibility index (Phi) is 3.06. The highest BCUT2D eigenvalue weighted by Crippen LogP contribution is 2.11. The topological polar surface area (TPSA) is 34.9 Å². The van der Waals surface area contributed by atoms with E-state index in [1.54, 1.807) is 12.1 Å². The predicted octanol–water partition coefficient (Wildman–Crippen LogP) is 2.83. The number of halogens is 2. The third-order valence-corrected chi connectivity index (χ3v) is 2.70. The van der Waals surface area contributed by atoms with E-state index >= 15 is 0 Å². The van der Waals surface area contributed by atoms with Crippen LogP contribution >= 0.6 is 34.2 Å². The van der Waals surface area contributed by atoms with E-state index in [1.165, 1.54) is 17.1 Å². The van der Waals surface area contributed by atoms with E-state index in [4.69, 9.17) is 11.6 Å². The van der Waals surface area contributed by atoms with Gasteiger partial charge in [-0.05, 0) is 40.8 Å². The second-order valence-electron chi connectivity index (χ2n) is 2.92. The van der Waals surface area contributed by atoms with Gasteiger partial charge in [0, 0.05) is 9.13 Å². The van der Waals surface area contributed by atoms with Gasteiger partial charge in [-0.2, -0.15) is 5.10 Å². The molecule has 0 atom stereocenters. The van der Waals surface area contributed by atoms with E-state index in [1.807, 2.05) is 12.1 Å². The van der Waals surface area contributed by atoms with Gasteiger partial charge in [0.05, 0.1) is 17.4 Å². The van der Waals surface area contributed by atoms with Gasteiger partial charge >= 0.3 is 0 Å². The number of benzene rings is 1. The van der Waals surface area contributed by atoms with Crippen LogP contribution in [-0.4, -0.2) is 15.7 Å². The van der Waals surface area contributed by atoms with Crippen molar-refractivity contribution >= 4 is 40.1 Å². The minimum Gasteiger partial charge on any atom is -0.267 e. The minimum atomic E-state index is -0.180. The number of carbonyl (C=O) groups is 1. The van der Waals surface area contributed by atoms with E-state index in [9.17, 15) is 4.79 Å². The minimum absolute atomic E-state index is 0.180. The molecule has 2 aromatic rings. The Morgan fingerprint density at radius 1 is 1.47 bits per heavy atom. The Bertz CT molecular complexity index is 510. The number of nitrogens with zero attached hydrogens (tertiary/aromatic N) is 2. The molecule has 1 heterocycles. The first-order chi connectivity index (χ1) is 7.16. The third kappa shape index (κ3) is 2.38. The molecule has 0 bridgehead atoms. The van der Waals surface area contributed by atoms with E-state index in [0.29, 0.717) is 10.6 Å². The van der Waals surface area contributed by atoms with Crippen molar-refractivity contribution in [3.05, 3.63) is 50.8 Å². The summed E-state index contributed by atoms with van der Waals surface area (Å²) in [6, 6.07) is 7.31. The van der Waals surface area contributed by atoms with Gasteiger partial charge in [-0.15, -0.1) is 0 Å². The van der Waals surface area contributed by atoms with Gasteiger partial charge in [-0.1, -0.05) is 17.7 Å². The molecule has 2 rings (SSSR count). The van der Waals surface area contributed by atoms with Crippen LogP contribution in [0.5, 0.6) is 0 Å². The Hall–Kier alpha value is -0.880. The van der Waals surface area contributed by atoms with E-state index < -0.39 is 0 Å². The van der Waals surface area contributed by atoms with Crippen LogP contribution < -0.4 is 0 Å². The number of carbonyl (C=O) groups excluding carboxylic acids is 1. The SMILES string of the molecule is O=C(c1cccc(I)c1)n1cc(Cl)cn1. The van der Waals surface area contributed by atoms with Crippen molar-refractivity contribution in [1.29, 1.82) is 0 Å². The van der Waals surface area contributed by atoms with Gasteiger partial charge in [0.15, 0.2) is 0 Å². The molecule has 0 saturated carbocycles. The molecule has 0 saturated heterocycles. The molecule has 1 aromatic carbocycles. The summed E-state index contributed by atoms with van der Waals surface area (Å²) in [7, 11) is 0. The molecule has 0 aliphatic rings. The van der Waals surface area contributed by atoms with Crippen molar-refractivity contribution < 1.29 is 4.79 Å². The van der Waals surface area contributed by atoms with Gasteiger partial charge in [-0.25, -0.2) is 4.68 Å². The Morgan fingerprint density at radius 3 is 2.87 bits per heavy atom. The predicted molar refractivity (Wildman–Crippen MR) is 66.1 cm³/mol. The number of hydrogen-bond acceptors (Lipinski definition) is 2. The van der Waals surface area contributed by atoms with Crippen molar-refractivity contribution in [2.45, 2.75) is 0 Å². The first-order valence-electron chi connectivity index (χ1n) is 4.17. The highest BCUT2D eigenvalue weighted by molar-refractivity contribution is 14.1. The van der Waals surface area contributed by atoms with Crippen molar-refractivity contribution in [1.82, 2.24) is 9.78 Å². The highest BCUT2D eigenvalue weighted by atomic mass is 127. The second-order valence-corrected chi connectivity index (χ2v) is 4.60. The molecule has 0 N–H and O–H groups in total. The standard InChI is InChI=1S/C10H6ClIN2O/c11-8-5-13-14(6-8)10(15)7-2-1-3-9(12)4-7/h1-6H. The average Bonchev–Trinajstić information content (AvgIpc) is 2.64. The van der Waals surface area contributed by atoms with Gasteiger partial charge in [0.1, 0.15) is 0 Å². The van der Waals surface area contributed by atoms with E-state index in [2.05, 4.69) is 27.7 Å². The fraction of sp³-hybridized carbons (Fsp3) is 0. The maximum atomic E-state index is 11.9. The van der Waals surface area contributed by atoms with Crippen molar-refractivity contribution in [3.8, 4) is 0 Å². The first-order valence-corrected chi connectivity index (χ1v) is 5.63. The summed E-state index contributed by atoms with van der Waals surface area (Å²) in [5.41, 5.74) is 0.599. The van der Waals surface area contributed by atoms with Crippen LogP contribution in [0.1, 0.15) is 10.4 Å². The second kappa shape index (κ2) is 4.32. The lowest BCUT2D eigenvalue weighted by Gasteiger charge is -2.00. The molecule has 0 aliphatic heterocycles. The third-order valence-electron chi connectivity index (χ3n) is 1.83. The van der Waals surface area contributed by atoms with Gasteiger partial charge in [0.25, 0.3) is 5.91 Å². The molecule has 5 heteroatoms. The quantitative estimate of drug-likeness (QED) is 0.753. The summed E-state index contributed by atoms with van der Waals surface area (Å²) >= 11 is 7.84. The lowest BCUT2D eigenvalue weighted by molar-refractivity contribution is 0.0945. The smallest absolute Gasteiger partial charge is 0.267 e. The van der Waals surface area contributed by atoms with Crippen LogP contribution in [0.3, 0.4) is 0 Å². The summed E-state index contributed by atoms with van der Waals surface area (Å²) in [6.07, 6.45) is 2.93. The lowest BCUT2D eigenvalue weighted by atomic mass is 10.2. The van der Waals surface area contributed by atoms with Gasteiger partial charge < -0.3 is 0 Å². The van der Waals surface area contributed by atoms with Gasteiger partial charge in [-0.3, -0.25) is 4.79 Å². The summed E-state index contributed by atoms with van der Waals surface area (Å²) in [6.45, 7) is 0. The molecular formula is C10H6ClIN2O. The Labute approximate surface area is 105 Å². The molecule has 0 spiro atoms. The van der Waals surface area contributed by atoms with Crippen molar-refractivity contribution in [2.24, 2.45) is 0 Å². The zero-order chi connectivity index (χ0) is 10.8. The van der Waals surface area contributed by atoms with Crippen LogP contribution in [0.2, 0.25) is 5.02 Å². The zero-order valence-corrected chi connectivity index (χ0v) is 10.4. The lowest BCUT2D eigenvalue weighted by Crippen LogP contribution is -2.12. The molecular weight excluding hydrogens is 326 g/mol. The molecule has 0 fully saturated rings. The van der Waals surface area contributed by atoms with Crippen LogP contribution in [0.4, 0.5) is 0 Å². The summed E-state index contributed by atoms with van der Waals surface area (Å²) in [5, 5.41) is 4.31. The van der Waals surface area contributed by atoms with Gasteiger partial charge in [0.2, 0.25) is 0 Å². The fourth-order valence-electron chi connectivity index (χ4n) is 1.17. The maximum absolute atomic E-state index is 11.9. The number of rotatable bonds is 1. The van der Waals surface area contributed by atoms with Crippen LogP contribution in [-0.2, 0) is 0 Å². The Balaban J connectivity index is 2.36. The van der Waals surface area contributed by atoms with E-state index in [-0.39, 0.29) is 5.91 Å². The fourth-order valence-corrected chi connectivity index (χ4v) is 1.84. The molecule has 0 radical (unpaired) electrons. The average molecular weight is 333 g/mol. The molecule has 1 aromatic heterocycles. The summed E-state index contributed by atoms with van der Waals surface area (Å²) < 4.78 is 2.24. The maximum Gasteiger partial charge on any atom is 0.278 e. The van der Waals surface area contributed by atoms with Crippen molar-refractivity contribution in [3.63, 3.8) is 0 Å². The van der Waals surface area contributed by atoms with Crippen LogP contribution in [0.15, 0.2) is 36.7 Å². The largest absolute Gasteiger partial charge is 0.278 e. The van der Waals surface area contributed by atoms with Crippen molar-refractivity contribution in [2.75, 3.05) is 0 Å². The van der Waals surface area contributed by atoms with Crippen LogP contribution in [0, 0.1) is 3.57 Å². The Morgan fingerprint density at radius 2 is 2.27 bits per heavy atom. The molecule has 0 aliphatic carbocycles. The first kappa shape index (κ1) is 10.6. The van der Waals surface area contributed by atoms with Crippen LogP contribution in [0.25, 0.3) is 0 Å². The highest BCUT2D eigenvalue weighted by Gasteiger charge is 2.09. The summed E-state index contributed by atoms with van der Waals surface area (Å²) in [5.74, 6) is -0.180. The number of hydrogen-bond donors (Lipinski definition) is 0. The molecule has 76 valence electrons.